The number of aliphatic carboxylic acids is 1. The van der Waals surface area contributed by atoms with E-state index in [1.807, 2.05) is 12.3 Å². The summed E-state index contributed by atoms with van der Waals surface area (Å²) in [4.78, 5) is 29.3. The van der Waals surface area contributed by atoms with E-state index in [0.29, 0.717) is 18.1 Å². The van der Waals surface area contributed by atoms with E-state index in [-0.39, 0.29) is 17.4 Å². The average molecular weight is 311 g/mol. The number of amides is 2. The van der Waals surface area contributed by atoms with E-state index in [4.69, 9.17) is 0 Å². The van der Waals surface area contributed by atoms with Crippen LogP contribution in [0.2, 0.25) is 0 Å². The summed E-state index contributed by atoms with van der Waals surface area (Å²) in [5, 5.41) is 14.4. The van der Waals surface area contributed by atoms with Crippen LogP contribution in [0.15, 0.2) is 5.38 Å². The Morgan fingerprint density at radius 1 is 1.48 bits per heavy atom. The predicted octanol–water partition coefficient (Wildman–Crippen LogP) is 2.77. The van der Waals surface area contributed by atoms with Gasteiger partial charge in [-0.15, -0.1) is 11.3 Å². The van der Waals surface area contributed by atoms with E-state index in [2.05, 4.69) is 31.1 Å². The summed E-state index contributed by atoms with van der Waals surface area (Å²) in [6, 6.07) is -1.14. The molecule has 6 nitrogen and oxygen atoms in total. The Bertz CT molecular complexity index is 550. The molecule has 0 bridgehead atoms. The number of carbonyl (C=O) groups excluding carboxylic acids is 1. The van der Waals surface area contributed by atoms with Crippen LogP contribution >= 0.6 is 11.3 Å². The van der Waals surface area contributed by atoms with E-state index in [1.165, 1.54) is 16.2 Å². The number of hydrogen-bond donors (Lipinski definition) is 2. The molecule has 2 unspecified atom stereocenters. The summed E-state index contributed by atoms with van der Waals surface area (Å²) < 4.78 is 0. The van der Waals surface area contributed by atoms with E-state index in [1.54, 1.807) is 0 Å². The van der Waals surface area contributed by atoms with Crippen molar-refractivity contribution in [3.8, 4) is 0 Å². The molecule has 1 aromatic rings. The van der Waals surface area contributed by atoms with Gasteiger partial charge in [0, 0.05) is 17.3 Å². The Balaban J connectivity index is 2.08. The smallest absolute Gasteiger partial charge is 0.326 e. The van der Waals surface area contributed by atoms with E-state index in [9.17, 15) is 14.7 Å². The second-order valence-corrected chi connectivity index (χ2v) is 7.32. The van der Waals surface area contributed by atoms with Crippen LogP contribution in [0.5, 0.6) is 0 Å². The van der Waals surface area contributed by atoms with Crippen LogP contribution in [0.1, 0.15) is 39.8 Å². The lowest BCUT2D eigenvalue weighted by Crippen LogP contribution is -2.44. The molecule has 0 saturated carbocycles. The van der Waals surface area contributed by atoms with Crippen molar-refractivity contribution in [1.82, 2.24) is 9.88 Å². The molecule has 2 N–H and O–H groups in total. The third kappa shape index (κ3) is 3.34. The summed E-state index contributed by atoms with van der Waals surface area (Å²) in [5.74, 6) is -0.987. The summed E-state index contributed by atoms with van der Waals surface area (Å²) in [7, 11) is 0. The van der Waals surface area contributed by atoms with Gasteiger partial charge in [0.05, 0.1) is 5.69 Å². The number of nitrogens with zero attached hydrogens (tertiary/aromatic N) is 2. The van der Waals surface area contributed by atoms with Gasteiger partial charge in [0.15, 0.2) is 5.13 Å². The minimum Gasteiger partial charge on any atom is -0.480 e. The molecule has 0 aromatic carbocycles. The number of carboxylic acids is 1. The first kappa shape index (κ1) is 15.8. The predicted molar refractivity (Wildman–Crippen MR) is 81.7 cm³/mol. The molecular formula is C14H21N3O3S. The second kappa shape index (κ2) is 5.63. The zero-order valence-corrected chi connectivity index (χ0v) is 13.5. The maximum Gasteiger partial charge on any atom is 0.326 e. The molecule has 1 aliphatic rings. The molecule has 2 atom stereocenters. The summed E-state index contributed by atoms with van der Waals surface area (Å²) in [6.07, 6.45) is 0.704. The van der Waals surface area contributed by atoms with Gasteiger partial charge in [-0.1, -0.05) is 27.7 Å². The van der Waals surface area contributed by atoms with E-state index in [0.717, 1.165) is 5.69 Å². The fourth-order valence-electron chi connectivity index (χ4n) is 2.39. The molecule has 1 saturated heterocycles. The maximum absolute atomic E-state index is 12.3. The molecule has 2 rings (SSSR count). The molecule has 1 aliphatic heterocycles. The van der Waals surface area contributed by atoms with Gasteiger partial charge in [0.2, 0.25) is 0 Å². The first-order valence-electron chi connectivity index (χ1n) is 6.96. The number of hydrogen-bond acceptors (Lipinski definition) is 4. The van der Waals surface area contributed by atoms with E-state index >= 15 is 0 Å². The molecule has 116 valence electrons. The number of carboxylic acid groups (broad SMARTS) is 1. The van der Waals surface area contributed by atoms with Gasteiger partial charge in [-0.25, -0.2) is 14.6 Å². The van der Waals surface area contributed by atoms with Crippen LogP contribution in [0.3, 0.4) is 0 Å². The minimum atomic E-state index is -0.954. The fourth-order valence-corrected chi connectivity index (χ4v) is 3.32. The number of thiazole rings is 1. The topological polar surface area (TPSA) is 82.5 Å². The number of carbonyl (C=O) groups is 2. The Kier molecular flexibility index (Phi) is 4.22. The van der Waals surface area contributed by atoms with Crippen molar-refractivity contribution < 1.29 is 14.7 Å². The zero-order chi connectivity index (χ0) is 15.8. The standard InChI is InChI=1S/C14H21N3O3S/c1-8-5-6-17(10(8)11(18)19)13(20)16-12-15-9(7-21-12)14(2,3)4/h7-8,10H,5-6H2,1-4H3,(H,18,19)(H,15,16,20). The van der Waals surface area contributed by atoms with Gasteiger partial charge in [0.25, 0.3) is 0 Å². The first-order chi connectivity index (χ1) is 9.70. The third-order valence-electron chi connectivity index (χ3n) is 3.70. The molecule has 0 aliphatic carbocycles. The monoisotopic (exact) mass is 311 g/mol. The van der Waals surface area contributed by atoms with Gasteiger partial charge in [-0.2, -0.15) is 0 Å². The number of aromatic nitrogens is 1. The van der Waals surface area contributed by atoms with Gasteiger partial charge < -0.3 is 10.0 Å². The number of likely N-dealkylation sites (tertiary alicyclic amines) is 1. The lowest BCUT2D eigenvalue weighted by molar-refractivity contribution is -0.142. The molecule has 0 radical (unpaired) electrons. The minimum absolute atomic E-state index is 0.0327. The second-order valence-electron chi connectivity index (χ2n) is 6.46. The van der Waals surface area contributed by atoms with Crippen LogP contribution < -0.4 is 5.32 Å². The quantitative estimate of drug-likeness (QED) is 0.880. The number of anilines is 1. The first-order valence-corrected chi connectivity index (χ1v) is 7.84. The molecule has 7 heteroatoms. The van der Waals surface area contributed by atoms with Crippen molar-refractivity contribution in [1.29, 1.82) is 0 Å². The van der Waals surface area contributed by atoms with Crippen molar-refractivity contribution in [2.75, 3.05) is 11.9 Å². The fraction of sp³-hybridized carbons (Fsp3) is 0.643. The largest absolute Gasteiger partial charge is 0.480 e. The average Bonchev–Trinajstić information content (AvgIpc) is 2.94. The number of rotatable bonds is 2. The molecule has 2 amide bonds. The highest BCUT2D eigenvalue weighted by atomic mass is 32.1. The highest BCUT2D eigenvalue weighted by Gasteiger charge is 2.39. The van der Waals surface area contributed by atoms with Crippen LogP contribution in [-0.4, -0.2) is 39.6 Å². The Labute approximate surface area is 128 Å². The van der Waals surface area contributed by atoms with Crippen LogP contribution in [0, 0.1) is 5.92 Å². The van der Waals surface area contributed by atoms with Gasteiger partial charge in [0.1, 0.15) is 6.04 Å². The highest BCUT2D eigenvalue weighted by molar-refractivity contribution is 7.13. The Morgan fingerprint density at radius 3 is 2.67 bits per heavy atom. The number of nitrogens with one attached hydrogen (secondary N) is 1. The molecular weight excluding hydrogens is 290 g/mol. The molecule has 1 aromatic heterocycles. The van der Waals surface area contributed by atoms with Gasteiger partial charge in [-0.05, 0) is 12.3 Å². The van der Waals surface area contributed by atoms with Crippen LogP contribution in [0.25, 0.3) is 0 Å². The normalized spacial score (nSPS) is 22.4. The Hall–Kier alpha value is -1.63. The molecule has 21 heavy (non-hydrogen) atoms. The molecule has 2 heterocycles. The zero-order valence-electron chi connectivity index (χ0n) is 12.7. The lowest BCUT2D eigenvalue weighted by Gasteiger charge is -2.23. The van der Waals surface area contributed by atoms with E-state index < -0.39 is 12.0 Å². The maximum atomic E-state index is 12.3. The van der Waals surface area contributed by atoms with Crippen LogP contribution in [-0.2, 0) is 10.2 Å². The van der Waals surface area contributed by atoms with Crippen LogP contribution in [0.4, 0.5) is 9.93 Å². The van der Waals surface area contributed by atoms with Gasteiger partial charge in [-0.3, -0.25) is 5.32 Å². The SMILES string of the molecule is CC1CCN(C(=O)Nc2nc(C(C)(C)C)cs2)C1C(=O)O. The third-order valence-corrected chi connectivity index (χ3v) is 4.46. The van der Waals surface area contributed by atoms with Crippen molar-refractivity contribution >= 4 is 28.5 Å². The summed E-state index contributed by atoms with van der Waals surface area (Å²) in [5.41, 5.74) is 0.831. The lowest BCUT2D eigenvalue weighted by atomic mass is 9.93. The number of urea groups is 1. The molecule has 1 fully saturated rings. The van der Waals surface area contributed by atoms with Crippen molar-refractivity contribution in [2.45, 2.75) is 45.6 Å². The summed E-state index contributed by atoms with van der Waals surface area (Å²) in [6.45, 7) is 8.47. The Morgan fingerprint density at radius 2 is 2.14 bits per heavy atom. The van der Waals surface area contributed by atoms with Crippen molar-refractivity contribution in [3.63, 3.8) is 0 Å². The van der Waals surface area contributed by atoms with Crippen molar-refractivity contribution in [3.05, 3.63) is 11.1 Å². The highest BCUT2D eigenvalue weighted by Crippen LogP contribution is 2.28. The van der Waals surface area contributed by atoms with Crippen molar-refractivity contribution in [2.24, 2.45) is 5.92 Å². The molecule has 0 spiro atoms. The van der Waals surface area contributed by atoms with Gasteiger partial charge >= 0.3 is 12.0 Å². The summed E-state index contributed by atoms with van der Waals surface area (Å²) >= 11 is 1.36.